The Labute approximate surface area is 176 Å². The van der Waals surface area contributed by atoms with Gasteiger partial charge in [0.2, 0.25) is 0 Å². The lowest BCUT2D eigenvalue weighted by atomic mass is 10.1. The van der Waals surface area contributed by atoms with Gasteiger partial charge in [0.15, 0.2) is 5.96 Å². The maximum absolute atomic E-state index is 12.8. The van der Waals surface area contributed by atoms with Crippen molar-refractivity contribution in [1.29, 1.82) is 0 Å². The van der Waals surface area contributed by atoms with Crippen LogP contribution in [0.25, 0.3) is 0 Å². The Kier molecular flexibility index (Phi) is 8.44. The van der Waals surface area contributed by atoms with Crippen LogP contribution < -0.4 is 5.32 Å². The van der Waals surface area contributed by atoms with Gasteiger partial charge in [-0.15, -0.1) is 0 Å². The molecular weight excluding hydrogens is 397 g/mol. The zero-order chi connectivity index (χ0) is 21.4. The minimum Gasteiger partial charge on any atom is -0.469 e. The van der Waals surface area contributed by atoms with Gasteiger partial charge < -0.3 is 19.4 Å². The highest BCUT2D eigenvalue weighted by molar-refractivity contribution is 5.80. The highest BCUT2D eigenvalue weighted by Crippen LogP contribution is 2.22. The lowest BCUT2D eigenvalue weighted by molar-refractivity contribution is -0.146. The number of ether oxygens (including phenoxy) is 1. The number of furan rings is 1. The van der Waals surface area contributed by atoms with Crippen LogP contribution in [0.5, 0.6) is 0 Å². The molecule has 3 rings (SSSR count). The smallest absolute Gasteiger partial charge is 0.401 e. The number of nitrogens with one attached hydrogen (secondary N) is 1. The van der Waals surface area contributed by atoms with Gasteiger partial charge in [-0.3, -0.25) is 9.89 Å². The van der Waals surface area contributed by atoms with Crippen molar-refractivity contribution in [1.82, 2.24) is 15.1 Å². The predicted molar refractivity (Wildman–Crippen MR) is 110 cm³/mol. The third-order valence-electron chi connectivity index (χ3n) is 5.66. The van der Waals surface area contributed by atoms with Gasteiger partial charge in [0, 0.05) is 39.2 Å². The molecule has 1 aromatic heterocycles. The highest BCUT2D eigenvalue weighted by atomic mass is 19.4. The van der Waals surface area contributed by atoms with Crippen molar-refractivity contribution in [2.24, 2.45) is 10.9 Å². The van der Waals surface area contributed by atoms with Crippen LogP contribution in [-0.4, -0.2) is 80.5 Å². The Morgan fingerprint density at radius 1 is 1.37 bits per heavy atom. The van der Waals surface area contributed by atoms with Gasteiger partial charge in [-0.05, 0) is 43.9 Å². The maximum Gasteiger partial charge on any atom is 0.401 e. The number of halogens is 3. The van der Waals surface area contributed by atoms with Crippen molar-refractivity contribution in [2.75, 3.05) is 52.4 Å². The van der Waals surface area contributed by atoms with Crippen molar-refractivity contribution in [2.45, 2.75) is 44.9 Å². The molecule has 0 radical (unpaired) electrons. The van der Waals surface area contributed by atoms with E-state index in [2.05, 4.69) is 10.2 Å². The lowest BCUT2D eigenvalue weighted by Gasteiger charge is -2.26. The Bertz CT molecular complexity index is 645. The normalized spacial score (nSPS) is 23.0. The topological polar surface area (TPSA) is 53.2 Å². The van der Waals surface area contributed by atoms with Crippen LogP contribution in [-0.2, 0) is 11.2 Å². The second-order valence-corrected chi connectivity index (χ2v) is 8.10. The van der Waals surface area contributed by atoms with Crippen LogP contribution in [0.2, 0.25) is 0 Å². The van der Waals surface area contributed by atoms with Crippen LogP contribution in [0.3, 0.4) is 0 Å². The Balaban J connectivity index is 1.54. The summed E-state index contributed by atoms with van der Waals surface area (Å²) in [5.41, 5.74) is 0. The first-order valence-corrected chi connectivity index (χ1v) is 10.9. The molecule has 2 unspecified atom stereocenters. The summed E-state index contributed by atoms with van der Waals surface area (Å²) in [6, 6.07) is 3.81. The molecule has 2 fully saturated rings. The summed E-state index contributed by atoms with van der Waals surface area (Å²) in [4.78, 5) is 8.44. The number of alkyl halides is 3. The van der Waals surface area contributed by atoms with Crippen LogP contribution in [0.4, 0.5) is 13.2 Å². The molecule has 0 aromatic carbocycles. The molecular formula is C21H33F3N4O2. The first-order chi connectivity index (χ1) is 14.4. The van der Waals surface area contributed by atoms with Crippen molar-refractivity contribution in [3.05, 3.63) is 24.2 Å². The van der Waals surface area contributed by atoms with Crippen LogP contribution in [0, 0.1) is 5.92 Å². The van der Waals surface area contributed by atoms with E-state index in [1.165, 1.54) is 4.90 Å². The SMILES string of the molecule is CCN(CC1CCN(C(=NCC2CCCO2)NCCc2ccco2)C1)CC(F)(F)F. The van der Waals surface area contributed by atoms with E-state index in [9.17, 15) is 13.2 Å². The van der Waals surface area contributed by atoms with Gasteiger partial charge in [-0.2, -0.15) is 13.2 Å². The van der Waals surface area contributed by atoms with E-state index in [0.717, 1.165) is 50.6 Å². The number of likely N-dealkylation sites (tertiary alicyclic amines) is 1. The summed E-state index contributed by atoms with van der Waals surface area (Å²) >= 11 is 0. The third kappa shape index (κ3) is 7.50. The van der Waals surface area contributed by atoms with E-state index < -0.39 is 12.7 Å². The van der Waals surface area contributed by atoms with Crippen LogP contribution in [0.15, 0.2) is 27.8 Å². The summed E-state index contributed by atoms with van der Waals surface area (Å²) in [6.07, 6.45) is 1.37. The summed E-state index contributed by atoms with van der Waals surface area (Å²) in [5, 5.41) is 3.42. The zero-order valence-corrected chi connectivity index (χ0v) is 17.7. The average molecular weight is 431 g/mol. The van der Waals surface area contributed by atoms with E-state index in [0.29, 0.717) is 32.7 Å². The number of aliphatic imine (C=N–C) groups is 1. The summed E-state index contributed by atoms with van der Waals surface area (Å²) < 4.78 is 49.4. The molecule has 0 bridgehead atoms. The van der Waals surface area contributed by atoms with E-state index in [1.807, 2.05) is 12.1 Å². The molecule has 2 atom stereocenters. The average Bonchev–Trinajstić information content (AvgIpc) is 3.45. The summed E-state index contributed by atoms with van der Waals surface area (Å²) in [6.45, 7) is 5.39. The van der Waals surface area contributed by atoms with E-state index >= 15 is 0 Å². The van der Waals surface area contributed by atoms with Gasteiger partial charge in [0.25, 0.3) is 0 Å². The quantitative estimate of drug-likeness (QED) is 0.482. The Hall–Kier alpha value is -1.74. The molecule has 2 aliphatic heterocycles. The molecule has 0 saturated carbocycles. The molecule has 6 nitrogen and oxygen atoms in total. The fourth-order valence-corrected chi connectivity index (χ4v) is 4.09. The Morgan fingerprint density at radius 3 is 2.90 bits per heavy atom. The van der Waals surface area contributed by atoms with E-state index in [-0.39, 0.29) is 12.0 Å². The maximum atomic E-state index is 12.8. The van der Waals surface area contributed by atoms with Crippen molar-refractivity contribution >= 4 is 5.96 Å². The van der Waals surface area contributed by atoms with Crippen LogP contribution in [0.1, 0.15) is 31.9 Å². The summed E-state index contributed by atoms with van der Waals surface area (Å²) in [7, 11) is 0. The monoisotopic (exact) mass is 430 g/mol. The number of guanidine groups is 1. The largest absolute Gasteiger partial charge is 0.469 e. The fourth-order valence-electron chi connectivity index (χ4n) is 4.09. The van der Waals surface area contributed by atoms with Gasteiger partial charge in [0.05, 0.1) is 25.5 Å². The second-order valence-electron chi connectivity index (χ2n) is 8.10. The van der Waals surface area contributed by atoms with Gasteiger partial charge in [-0.25, -0.2) is 0 Å². The molecule has 0 spiro atoms. The van der Waals surface area contributed by atoms with Gasteiger partial charge >= 0.3 is 6.18 Å². The van der Waals surface area contributed by atoms with E-state index in [4.69, 9.17) is 14.1 Å². The predicted octanol–water partition coefficient (Wildman–Crippen LogP) is 3.15. The summed E-state index contributed by atoms with van der Waals surface area (Å²) in [5.74, 6) is 1.93. The molecule has 1 aromatic rings. The molecule has 30 heavy (non-hydrogen) atoms. The molecule has 0 amide bonds. The zero-order valence-electron chi connectivity index (χ0n) is 17.7. The standard InChI is InChI=1S/C21H33F3N4O2/c1-2-27(16-21(22,23)24)14-17-8-10-28(15-17)20(26-13-19-6-4-12-30-19)25-9-7-18-5-3-11-29-18/h3,5,11,17,19H,2,4,6-10,12-16H2,1H3,(H,25,26). The molecule has 2 aliphatic rings. The second kappa shape index (κ2) is 11.0. The molecule has 2 saturated heterocycles. The van der Waals surface area contributed by atoms with Gasteiger partial charge in [0.1, 0.15) is 5.76 Å². The number of nitrogens with zero attached hydrogens (tertiary/aromatic N) is 3. The molecule has 1 N–H and O–H groups in total. The van der Waals surface area contributed by atoms with E-state index in [1.54, 1.807) is 13.2 Å². The molecule has 170 valence electrons. The molecule has 0 aliphatic carbocycles. The van der Waals surface area contributed by atoms with Crippen LogP contribution >= 0.6 is 0 Å². The number of hydrogen-bond donors (Lipinski definition) is 1. The minimum absolute atomic E-state index is 0.160. The first kappa shape index (κ1) is 22.9. The third-order valence-corrected chi connectivity index (χ3v) is 5.66. The minimum atomic E-state index is -4.16. The van der Waals surface area contributed by atoms with Crippen molar-refractivity contribution in [3.8, 4) is 0 Å². The number of hydrogen-bond acceptors (Lipinski definition) is 4. The molecule has 9 heteroatoms. The first-order valence-electron chi connectivity index (χ1n) is 10.9. The molecule has 3 heterocycles. The fraction of sp³-hybridized carbons (Fsp3) is 0.762. The highest BCUT2D eigenvalue weighted by Gasteiger charge is 2.33. The number of rotatable bonds is 9. The Morgan fingerprint density at radius 2 is 2.23 bits per heavy atom. The van der Waals surface area contributed by atoms with Crippen molar-refractivity contribution < 1.29 is 22.3 Å². The van der Waals surface area contributed by atoms with Gasteiger partial charge in [-0.1, -0.05) is 6.92 Å². The van der Waals surface area contributed by atoms with Crippen molar-refractivity contribution in [3.63, 3.8) is 0 Å². The lowest BCUT2D eigenvalue weighted by Crippen LogP contribution is -2.42.